The van der Waals surface area contributed by atoms with Crippen LogP contribution in [0.25, 0.3) is 10.9 Å². The van der Waals surface area contributed by atoms with E-state index in [1.54, 1.807) is 25.1 Å². The molecule has 0 unspecified atom stereocenters. The minimum absolute atomic E-state index is 0.00899. The summed E-state index contributed by atoms with van der Waals surface area (Å²) in [5.41, 5.74) is 2.66. The Balaban J connectivity index is 1.82. The maximum atomic E-state index is 12.6. The van der Waals surface area contributed by atoms with Gasteiger partial charge in [-0.15, -0.1) is 0 Å². The largest absolute Gasteiger partial charge is 0.340 e. The molecular formula is C20H20N2O2. The Kier molecular flexibility index (Phi) is 4.47. The van der Waals surface area contributed by atoms with Gasteiger partial charge in [-0.3, -0.25) is 9.59 Å². The van der Waals surface area contributed by atoms with Gasteiger partial charge in [0.1, 0.15) is 6.54 Å². The highest BCUT2D eigenvalue weighted by Gasteiger charge is 2.15. The van der Waals surface area contributed by atoms with Crippen molar-refractivity contribution in [2.24, 2.45) is 0 Å². The number of benzene rings is 2. The summed E-state index contributed by atoms with van der Waals surface area (Å²) in [6.45, 7) is 2.34. The van der Waals surface area contributed by atoms with Crippen LogP contribution in [0, 0.1) is 0 Å². The predicted molar refractivity (Wildman–Crippen MR) is 94.9 cm³/mol. The third-order valence-corrected chi connectivity index (χ3v) is 4.16. The van der Waals surface area contributed by atoms with Gasteiger partial charge in [0, 0.05) is 36.3 Å². The molecule has 122 valence electrons. The van der Waals surface area contributed by atoms with Crippen LogP contribution in [0.15, 0.2) is 60.8 Å². The van der Waals surface area contributed by atoms with Gasteiger partial charge in [0.25, 0.3) is 0 Å². The zero-order valence-electron chi connectivity index (χ0n) is 13.9. The molecule has 3 rings (SSSR count). The van der Waals surface area contributed by atoms with Crippen molar-refractivity contribution in [2.45, 2.75) is 20.0 Å². The topological polar surface area (TPSA) is 42.3 Å². The van der Waals surface area contributed by atoms with E-state index in [1.165, 1.54) is 0 Å². The van der Waals surface area contributed by atoms with Crippen molar-refractivity contribution in [3.63, 3.8) is 0 Å². The van der Waals surface area contributed by atoms with Gasteiger partial charge in [-0.05, 0) is 18.6 Å². The Labute approximate surface area is 141 Å². The van der Waals surface area contributed by atoms with Crippen LogP contribution < -0.4 is 0 Å². The molecule has 0 aliphatic rings. The molecule has 0 fully saturated rings. The summed E-state index contributed by atoms with van der Waals surface area (Å²) in [5, 5.41) is 0.892. The smallest absolute Gasteiger partial charge is 0.242 e. The average molecular weight is 320 g/mol. The van der Waals surface area contributed by atoms with Crippen molar-refractivity contribution in [1.82, 2.24) is 9.47 Å². The zero-order chi connectivity index (χ0) is 17.1. The number of amides is 1. The first-order valence-electron chi connectivity index (χ1n) is 7.93. The lowest BCUT2D eigenvalue weighted by molar-refractivity contribution is -0.131. The molecule has 0 bridgehead atoms. The molecule has 1 aromatic heterocycles. The fourth-order valence-corrected chi connectivity index (χ4v) is 2.87. The first-order chi connectivity index (χ1) is 11.6. The van der Waals surface area contributed by atoms with E-state index in [1.807, 2.05) is 59.2 Å². The van der Waals surface area contributed by atoms with Gasteiger partial charge >= 0.3 is 0 Å². The molecule has 0 N–H and O–H groups in total. The monoisotopic (exact) mass is 320 g/mol. The molecule has 24 heavy (non-hydrogen) atoms. The molecule has 0 aliphatic heterocycles. The number of carbonyl (C=O) groups excluding carboxylic acids is 2. The van der Waals surface area contributed by atoms with Crippen LogP contribution in [0.1, 0.15) is 22.8 Å². The Morgan fingerprint density at radius 3 is 2.38 bits per heavy atom. The number of hydrogen-bond donors (Lipinski definition) is 0. The van der Waals surface area contributed by atoms with Crippen LogP contribution in [0.3, 0.4) is 0 Å². The minimum atomic E-state index is 0.00899. The fraction of sp³-hybridized carbons (Fsp3) is 0.200. The number of rotatable bonds is 5. The molecule has 0 aliphatic carbocycles. The maximum Gasteiger partial charge on any atom is 0.242 e. The van der Waals surface area contributed by atoms with E-state index in [2.05, 4.69) is 0 Å². The highest BCUT2D eigenvalue weighted by atomic mass is 16.2. The fourth-order valence-electron chi connectivity index (χ4n) is 2.87. The lowest BCUT2D eigenvalue weighted by atomic mass is 10.1. The molecule has 2 aromatic carbocycles. The van der Waals surface area contributed by atoms with Crippen molar-refractivity contribution < 1.29 is 9.59 Å². The summed E-state index contributed by atoms with van der Waals surface area (Å²) < 4.78 is 1.86. The predicted octanol–water partition coefficient (Wildman–Crippen LogP) is 3.50. The van der Waals surface area contributed by atoms with Crippen molar-refractivity contribution in [2.75, 3.05) is 7.05 Å². The SMILES string of the molecule is CC(=O)c1cn(CC(=O)N(C)Cc2ccccc2)c2ccccc12. The summed E-state index contributed by atoms with van der Waals surface area (Å²) in [6, 6.07) is 17.6. The second-order valence-corrected chi connectivity index (χ2v) is 5.98. The normalized spacial score (nSPS) is 10.8. The van der Waals surface area contributed by atoms with E-state index in [-0.39, 0.29) is 18.2 Å². The first kappa shape index (κ1) is 16.0. The highest BCUT2D eigenvalue weighted by Crippen LogP contribution is 2.22. The number of hydrogen-bond acceptors (Lipinski definition) is 2. The summed E-state index contributed by atoms with van der Waals surface area (Å²) in [7, 11) is 1.80. The molecule has 0 saturated carbocycles. The van der Waals surface area contributed by atoms with Gasteiger partial charge in [-0.1, -0.05) is 48.5 Å². The number of Topliss-reactive ketones (excluding diaryl/α,β-unsaturated/α-hetero) is 1. The van der Waals surface area contributed by atoms with E-state index >= 15 is 0 Å². The van der Waals surface area contributed by atoms with Crippen molar-refractivity contribution in [3.05, 3.63) is 71.9 Å². The third-order valence-electron chi connectivity index (χ3n) is 4.16. The standard InChI is InChI=1S/C20H20N2O2/c1-15(23)18-13-22(19-11-7-6-10-17(18)19)14-20(24)21(2)12-16-8-4-3-5-9-16/h3-11,13H,12,14H2,1-2H3. The van der Waals surface area contributed by atoms with E-state index in [9.17, 15) is 9.59 Å². The van der Waals surface area contributed by atoms with Crippen LogP contribution in [0.2, 0.25) is 0 Å². The van der Waals surface area contributed by atoms with E-state index in [0.29, 0.717) is 12.1 Å². The number of likely N-dealkylation sites (N-methyl/N-ethyl adjacent to an activating group) is 1. The maximum absolute atomic E-state index is 12.6. The first-order valence-corrected chi connectivity index (χ1v) is 7.93. The Bertz CT molecular complexity index is 881. The molecule has 0 saturated heterocycles. The van der Waals surface area contributed by atoms with Gasteiger partial charge in [-0.2, -0.15) is 0 Å². The van der Waals surface area contributed by atoms with E-state index in [0.717, 1.165) is 16.5 Å². The van der Waals surface area contributed by atoms with Crippen LogP contribution in [-0.2, 0) is 17.9 Å². The molecule has 0 atom stereocenters. The third kappa shape index (κ3) is 3.23. The highest BCUT2D eigenvalue weighted by molar-refractivity contribution is 6.07. The number of fused-ring (bicyclic) bond motifs is 1. The van der Waals surface area contributed by atoms with Gasteiger partial charge in [0.05, 0.1) is 0 Å². The number of nitrogens with zero attached hydrogens (tertiary/aromatic N) is 2. The molecule has 3 aromatic rings. The molecular weight excluding hydrogens is 300 g/mol. The summed E-state index contributed by atoms with van der Waals surface area (Å²) >= 11 is 0. The number of para-hydroxylation sites is 1. The molecule has 0 radical (unpaired) electrons. The summed E-state index contributed by atoms with van der Waals surface area (Å²) in [4.78, 5) is 26.1. The van der Waals surface area contributed by atoms with E-state index < -0.39 is 0 Å². The van der Waals surface area contributed by atoms with Crippen molar-refractivity contribution >= 4 is 22.6 Å². The second kappa shape index (κ2) is 6.71. The van der Waals surface area contributed by atoms with Gasteiger partial charge in [0.2, 0.25) is 5.91 Å². The Morgan fingerprint density at radius 1 is 1.00 bits per heavy atom. The van der Waals surface area contributed by atoms with Crippen LogP contribution in [0.5, 0.6) is 0 Å². The van der Waals surface area contributed by atoms with Gasteiger partial charge in [-0.25, -0.2) is 0 Å². The summed E-state index contributed by atoms with van der Waals surface area (Å²) in [6.07, 6.45) is 1.78. The lowest BCUT2D eigenvalue weighted by Gasteiger charge is -2.18. The summed E-state index contributed by atoms with van der Waals surface area (Å²) in [5.74, 6) is 0.0183. The number of ketones is 1. The molecule has 1 amide bonds. The van der Waals surface area contributed by atoms with Crippen molar-refractivity contribution in [1.29, 1.82) is 0 Å². The molecule has 0 spiro atoms. The number of aromatic nitrogens is 1. The second-order valence-electron chi connectivity index (χ2n) is 5.98. The quantitative estimate of drug-likeness (QED) is 0.675. The van der Waals surface area contributed by atoms with Gasteiger partial charge in [0.15, 0.2) is 5.78 Å². The Morgan fingerprint density at radius 2 is 1.67 bits per heavy atom. The molecule has 1 heterocycles. The van der Waals surface area contributed by atoms with Crippen molar-refractivity contribution in [3.8, 4) is 0 Å². The van der Waals surface area contributed by atoms with Crippen LogP contribution >= 0.6 is 0 Å². The molecule has 4 nitrogen and oxygen atoms in total. The molecule has 4 heteroatoms. The van der Waals surface area contributed by atoms with Gasteiger partial charge < -0.3 is 9.47 Å². The zero-order valence-corrected chi connectivity index (χ0v) is 13.9. The van der Waals surface area contributed by atoms with Crippen LogP contribution in [0.4, 0.5) is 0 Å². The minimum Gasteiger partial charge on any atom is -0.340 e. The average Bonchev–Trinajstić information content (AvgIpc) is 2.95. The lowest BCUT2D eigenvalue weighted by Crippen LogP contribution is -2.29. The number of carbonyl (C=O) groups is 2. The van der Waals surface area contributed by atoms with E-state index in [4.69, 9.17) is 0 Å². The Hall–Kier alpha value is -2.88. The van der Waals surface area contributed by atoms with Crippen LogP contribution in [-0.4, -0.2) is 28.2 Å².